The van der Waals surface area contributed by atoms with Gasteiger partial charge in [-0.15, -0.1) is 0 Å². The molecule has 1 heterocycles. The van der Waals surface area contributed by atoms with Gasteiger partial charge in [0.15, 0.2) is 0 Å². The molecule has 8 heteroatoms. The maximum atomic E-state index is 12.8. The highest BCUT2D eigenvalue weighted by Gasteiger charge is 2.31. The van der Waals surface area contributed by atoms with Gasteiger partial charge in [0.25, 0.3) is 5.91 Å². The summed E-state index contributed by atoms with van der Waals surface area (Å²) in [5, 5.41) is 14.8. The Hall–Kier alpha value is -3.73. The van der Waals surface area contributed by atoms with Crippen molar-refractivity contribution >= 4 is 11.6 Å². The number of anilines is 1. The van der Waals surface area contributed by atoms with Crippen molar-refractivity contribution < 1.29 is 22.4 Å². The van der Waals surface area contributed by atoms with E-state index in [1.807, 2.05) is 0 Å². The number of alkyl halides is 3. The number of halogens is 3. The maximum absolute atomic E-state index is 12.8. The third-order valence-corrected chi connectivity index (χ3v) is 4.14. The van der Waals surface area contributed by atoms with Gasteiger partial charge in [-0.2, -0.15) is 18.4 Å². The van der Waals surface area contributed by atoms with Gasteiger partial charge in [-0.25, -0.2) is 0 Å². The largest absolute Gasteiger partial charge is 0.467 e. The Balaban J connectivity index is 1.66. The molecule has 0 aliphatic heterocycles. The molecule has 5 nitrogen and oxygen atoms in total. The van der Waals surface area contributed by atoms with E-state index in [0.717, 1.165) is 17.7 Å². The minimum Gasteiger partial charge on any atom is -0.467 e. The van der Waals surface area contributed by atoms with Gasteiger partial charge < -0.3 is 15.1 Å². The number of rotatable bonds is 6. The summed E-state index contributed by atoms with van der Waals surface area (Å²) in [4.78, 5) is 12.3. The molecule has 0 unspecified atom stereocenters. The number of nitriles is 1. The van der Waals surface area contributed by atoms with E-state index in [2.05, 4.69) is 10.6 Å². The van der Waals surface area contributed by atoms with Crippen LogP contribution < -0.4 is 10.6 Å². The monoisotopic (exact) mass is 399 g/mol. The Kier molecular flexibility index (Phi) is 5.88. The molecule has 0 fully saturated rings. The molecule has 0 aliphatic rings. The fraction of sp³-hybridized carbons (Fsp3) is 0.143. The molecule has 0 bridgehead atoms. The predicted molar refractivity (Wildman–Crippen MR) is 99.8 cm³/mol. The van der Waals surface area contributed by atoms with E-state index < -0.39 is 11.7 Å². The highest BCUT2D eigenvalue weighted by molar-refractivity contribution is 5.94. The molecule has 148 valence electrons. The second kappa shape index (κ2) is 8.52. The van der Waals surface area contributed by atoms with Crippen LogP contribution in [0.2, 0.25) is 0 Å². The molecule has 2 aromatic carbocycles. The highest BCUT2D eigenvalue weighted by Crippen LogP contribution is 2.31. The zero-order chi connectivity index (χ0) is 20.9. The van der Waals surface area contributed by atoms with Gasteiger partial charge in [-0.1, -0.05) is 12.1 Å². The molecule has 0 aliphatic carbocycles. The van der Waals surface area contributed by atoms with E-state index in [9.17, 15) is 18.0 Å². The van der Waals surface area contributed by atoms with Gasteiger partial charge >= 0.3 is 6.18 Å². The van der Waals surface area contributed by atoms with Crippen molar-refractivity contribution in [2.24, 2.45) is 0 Å². The topological polar surface area (TPSA) is 78.1 Å². The minimum absolute atomic E-state index is 0.104. The number of hydrogen-bond acceptors (Lipinski definition) is 4. The fourth-order valence-corrected chi connectivity index (χ4v) is 2.67. The van der Waals surface area contributed by atoms with Crippen LogP contribution in [-0.2, 0) is 19.3 Å². The lowest BCUT2D eigenvalue weighted by molar-refractivity contribution is -0.137. The van der Waals surface area contributed by atoms with Crippen LogP contribution in [0, 0.1) is 11.3 Å². The third-order valence-electron chi connectivity index (χ3n) is 4.14. The summed E-state index contributed by atoms with van der Waals surface area (Å²) in [6.45, 7) is 0.491. The van der Waals surface area contributed by atoms with Crippen molar-refractivity contribution in [3.05, 3.63) is 88.9 Å². The quantitative estimate of drug-likeness (QED) is 0.629. The number of carbonyl (C=O) groups excluding carboxylic acids is 1. The van der Waals surface area contributed by atoms with Crippen LogP contribution in [0.15, 0.2) is 65.3 Å². The molecule has 29 heavy (non-hydrogen) atoms. The Bertz CT molecular complexity index is 1040. The number of nitrogens with one attached hydrogen (secondary N) is 2. The lowest BCUT2D eigenvalue weighted by Gasteiger charge is -2.12. The molecule has 3 aromatic rings. The second-order valence-electron chi connectivity index (χ2n) is 6.19. The number of carbonyl (C=O) groups is 1. The van der Waals surface area contributed by atoms with Crippen molar-refractivity contribution in [3.63, 3.8) is 0 Å². The molecule has 0 saturated heterocycles. The Morgan fingerprint density at radius 3 is 2.59 bits per heavy atom. The molecule has 1 aromatic heterocycles. The van der Waals surface area contributed by atoms with Crippen LogP contribution in [0.1, 0.15) is 32.8 Å². The highest BCUT2D eigenvalue weighted by atomic mass is 19.4. The summed E-state index contributed by atoms with van der Waals surface area (Å²) in [6, 6.07) is 15.0. The minimum atomic E-state index is -4.51. The summed E-state index contributed by atoms with van der Waals surface area (Å²) in [7, 11) is 0. The van der Waals surface area contributed by atoms with Crippen LogP contribution in [0.5, 0.6) is 0 Å². The first-order chi connectivity index (χ1) is 13.9. The lowest BCUT2D eigenvalue weighted by atomic mass is 10.1. The number of amides is 1. The molecule has 0 saturated carbocycles. The van der Waals surface area contributed by atoms with Gasteiger partial charge in [0.1, 0.15) is 11.8 Å². The van der Waals surface area contributed by atoms with Crippen LogP contribution >= 0.6 is 0 Å². The molecule has 0 radical (unpaired) electrons. The van der Waals surface area contributed by atoms with Gasteiger partial charge in [0, 0.05) is 12.1 Å². The lowest BCUT2D eigenvalue weighted by Crippen LogP contribution is -2.22. The fourth-order valence-electron chi connectivity index (χ4n) is 2.67. The zero-order valence-electron chi connectivity index (χ0n) is 15.1. The summed E-state index contributed by atoms with van der Waals surface area (Å²) in [5.74, 6) is 0.345. The van der Waals surface area contributed by atoms with E-state index in [-0.39, 0.29) is 30.2 Å². The second-order valence-corrected chi connectivity index (χ2v) is 6.19. The standard InChI is InChI=1S/C21H16F3N3O2/c22-21(23,24)17-6-7-19(16(10-17)11-25)26-12-14-3-1-4-15(9-14)20(28)27-13-18-5-2-8-29-18/h1-10,26H,12-13H2,(H,27,28). The van der Waals surface area contributed by atoms with Gasteiger partial charge in [0.2, 0.25) is 0 Å². The average Bonchev–Trinajstić information content (AvgIpc) is 3.23. The predicted octanol–water partition coefficient (Wildman–Crippen LogP) is 4.71. The van der Waals surface area contributed by atoms with Crippen LogP contribution in [0.25, 0.3) is 0 Å². The molecule has 0 spiro atoms. The Morgan fingerprint density at radius 1 is 1.07 bits per heavy atom. The van der Waals surface area contributed by atoms with E-state index in [4.69, 9.17) is 9.68 Å². The molecule has 1 amide bonds. The van der Waals surface area contributed by atoms with Crippen LogP contribution in [-0.4, -0.2) is 5.91 Å². The zero-order valence-corrected chi connectivity index (χ0v) is 15.1. The Morgan fingerprint density at radius 2 is 1.90 bits per heavy atom. The first-order valence-electron chi connectivity index (χ1n) is 8.61. The van der Waals surface area contributed by atoms with E-state index in [1.165, 1.54) is 12.3 Å². The number of nitrogens with zero attached hydrogens (tertiary/aromatic N) is 1. The maximum Gasteiger partial charge on any atom is 0.416 e. The molecule has 3 rings (SSSR count). The average molecular weight is 399 g/mol. The first kappa shape index (κ1) is 20.0. The van der Waals surface area contributed by atoms with Gasteiger partial charge in [-0.3, -0.25) is 4.79 Å². The first-order valence-corrected chi connectivity index (χ1v) is 8.61. The van der Waals surface area contributed by atoms with Crippen molar-refractivity contribution in [3.8, 4) is 6.07 Å². The van der Waals surface area contributed by atoms with E-state index >= 15 is 0 Å². The molecule has 2 N–H and O–H groups in total. The summed E-state index contributed by atoms with van der Waals surface area (Å²) < 4.78 is 43.5. The smallest absolute Gasteiger partial charge is 0.416 e. The summed E-state index contributed by atoms with van der Waals surface area (Å²) >= 11 is 0. The van der Waals surface area contributed by atoms with E-state index in [1.54, 1.807) is 42.5 Å². The molecular weight excluding hydrogens is 383 g/mol. The van der Waals surface area contributed by atoms with Crippen LogP contribution in [0.3, 0.4) is 0 Å². The third kappa shape index (κ3) is 5.17. The van der Waals surface area contributed by atoms with Gasteiger partial charge in [0.05, 0.1) is 29.6 Å². The molecular formula is C21H16F3N3O2. The van der Waals surface area contributed by atoms with Gasteiger partial charge in [-0.05, 0) is 48.0 Å². The number of benzene rings is 2. The van der Waals surface area contributed by atoms with Crippen molar-refractivity contribution in [2.45, 2.75) is 19.3 Å². The normalized spacial score (nSPS) is 11.0. The van der Waals surface area contributed by atoms with Crippen LogP contribution in [0.4, 0.5) is 18.9 Å². The summed E-state index contributed by atoms with van der Waals surface area (Å²) in [5.41, 5.74) is 0.471. The number of hydrogen-bond donors (Lipinski definition) is 2. The van der Waals surface area contributed by atoms with Crippen molar-refractivity contribution in [1.29, 1.82) is 5.26 Å². The van der Waals surface area contributed by atoms with Crippen molar-refractivity contribution in [1.82, 2.24) is 5.32 Å². The summed E-state index contributed by atoms with van der Waals surface area (Å²) in [6.07, 6.45) is -2.99. The van der Waals surface area contributed by atoms with E-state index in [0.29, 0.717) is 11.3 Å². The molecule has 0 atom stereocenters. The SMILES string of the molecule is N#Cc1cc(C(F)(F)F)ccc1NCc1cccc(C(=O)NCc2ccco2)c1. The van der Waals surface area contributed by atoms with Crippen molar-refractivity contribution in [2.75, 3.05) is 5.32 Å². The number of furan rings is 1. The Labute approximate surface area is 164 Å².